The Labute approximate surface area is 178 Å². The molecule has 0 aliphatic carbocycles. The van der Waals surface area contributed by atoms with Crippen molar-refractivity contribution in [2.45, 2.75) is 96.8 Å². The van der Waals surface area contributed by atoms with Crippen molar-refractivity contribution >= 4 is 5.97 Å². The summed E-state index contributed by atoms with van der Waals surface area (Å²) < 4.78 is 10.6. The number of unbranched alkanes of at least 4 members (excludes halogenated alkanes) is 12. The van der Waals surface area contributed by atoms with Crippen LogP contribution in [0.4, 0.5) is 0 Å². The third kappa shape index (κ3) is 13.1. The van der Waals surface area contributed by atoms with Gasteiger partial charge in [-0.05, 0) is 44.2 Å². The highest BCUT2D eigenvalue weighted by Crippen LogP contribution is 2.18. The lowest BCUT2D eigenvalue weighted by molar-refractivity contribution is 0.0494. The van der Waals surface area contributed by atoms with Crippen molar-refractivity contribution in [2.24, 2.45) is 0 Å². The van der Waals surface area contributed by atoms with Gasteiger partial charge >= 0.3 is 5.97 Å². The maximum absolute atomic E-state index is 12.1. The van der Waals surface area contributed by atoms with E-state index in [1.807, 2.05) is 12.1 Å². The summed E-state index contributed by atoms with van der Waals surface area (Å²) in [5, 5.41) is 0. The lowest BCUT2D eigenvalue weighted by atomic mass is 10.1. The maximum Gasteiger partial charge on any atom is 0.341 e. The molecule has 29 heavy (non-hydrogen) atoms. The number of rotatable bonds is 18. The zero-order valence-electron chi connectivity index (χ0n) is 18.8. The fourth-order valence-corrected chi connectivity index (χ4v) is 3.41. The number of hydrogen-bond donors (Lipinski definition) is 0. The number of carbonyl (C=O) groups is 1. The molecule has 0 radical (unpaired) electrons. The van der Waals surface area contributed by atoms with E-state index in [4.69, 9.17) is 9.47 Å². The summed E-state index contributed by atoms with van der Waals surface area (Å²) in [7, 11) is 1.57. The molecule has 1 aromatic carbocycles. The summed E-state index contributed by atoms with van der Waals surface area (Å²) >= 11 is 0. The minimum atomic E-state index is -0.296. The van der Waals surface area contributed by atoms with E-state index in [-0.39, 0.29) is 5.97 Å². The van der Waals surface area contributed by atoms with E-state index in [2.05, 4.69) is 19.1 Å². The van der Waals surface area contributed by atoms with Gasteiger partial charge in [-0.25, -0.2) is 4.79 Å². The number of ether oxygens (including phenoxy) is 2. The predicted octanol–water partition coefficient (Wildman–Crippen LogP) is 7.89. The van der Waals surface area contributed by atoms with Crippen LogP contribution in [0, 0.1) is 0 Å². The monoisotopic (exact) mass is 402 g/mol. The van der Waals surface area contributed by atoms with Crippen molar-refractivity contribution in [3.05, 3.63) is 42.0 Å². The van der Waals surface area contributed by atoms with Crippen LogP contribution in [0.15, 0.2) is 36.4 Å². The molecule has 164 valence electrons. The van der Waals surface area contributed by atoms with Crippen molar-refractivity contribution in [1.29, 1.82) is 0 Å². The van der Waals surface area contributed by atoms with Gasteiger partial charge in [0.2, 0.25) is 0 Å². The van der Waals surface area contributed by atoms with E-state index >= 15 is 0 Å². The molecule has 0 aliphatic heterocycles. The maximum atomic E-state index is 12.1. The van der Waals surface area contributed by atoms with Crippen LogP contribution in [0.25, 0.3) is 0 Å². The lowest BCUT2D eigenvalue weighted by Crippen LogP contribution is -2.08. The van der Waals surface area contributed by atoms with Gasteiger partial charge in [0.25, 0.3) is 0 Å². The molecule has 0 heterocycles. The third-order valence-electron chi connectivity index (χ3n) is 5.22. The van der Waals surface area contributed by atoms with Gasteiger partial charge < -0.3 is 9.47 Å². The first-order chi connectivity index (χ1) is 14.3. The first kappa shape index (κ1) is 25.3. The van der Waals surface area contributed by atoms with Crippen LogP contribution in [0.5, 0.6) is 5.75 Å². The number of benzene rings is 1. The number of hydrogen-bond acceptors (Lipinski definition) is 3. The molecular formula is C26H42O3. The second kappa shape index (κ2) is 18.3. The second-order valence-corrected chi connectivity index (χ2v) is 7.77. The molecule has 0 aliphatic rings. The molecule has 3 heteroatoms. The number of methoxy groups -OCH3 is 1. The molecule has 0 saturated heterocycles. The lowest BCUT2D eigenvalue weighted by Gasteiger charge is -2.08. The average Bonchev–Trinajstić information content (AvgIpc) is 2.75. The van der Waals surface area contributed by atoms with E-state index in [1.54, 1.807) is 19.2 Å². The quantitative estimate of drug-likeness (QED) is 0.142. The Morgan fingerprint density at radius 2 is 1.34 bits per heavy atom. The largest absolute Gasteiger partial charge is 0.496 e. The molecule has 0 atom stereocenters. The normalized spacial score (nSPS) is 11.1. The van der Waals surface area contributed by atoms with Gasteiger partial charge in [0.1, 0.15) is 11.3 Å². The SMILES string of the molecule is CCCCCCCC/C=C\CCCCCCCCOC(=O)c1ccccc1OC. The third-order valence-corrected chi connectivity index (χ3v) is 5.22. The molecule has 1 aromatic rings. The number of allylic oxidation sites excluding steroid dienone is 2. The van der Waals surface area contributed by atoms with E-state index in [0.717, 1.165) is 12.8 Å². The van der Waals surface area contributed by atoms with Crippen LogP contribution in [0.3, 0.4) is 0 Å². The van der Waals surface area contributed by atoms with Gasteiger partial charge in [-0.1, -0.05) is 89.0 Å². The van der Waals surface area contributed by atoms with Gasteiger partial charge in [-0.15, -0.1) is 0 Å². The van der Waals surface area contributed by atoms with Gasteiger partial charge in [-0.3, -0.25) is 0 Å². The molecule has 0 amide bonds. The highest BCUT2D eigenvalue weighted by atomic mass is 16.5. The van der Waals surface area contributed by atoms with Crippen LogP contribution in [0.1, 0.15) is 107 Å². The van der Waals surface area contributed by atoms with Crippen molar-refractivity contribution < 1.29 is 14.3 Å². The van der Waals surface area contributed by atoms with Gasteiger partial charge in [0, 0.05) is 0 Å². The van der Waals surface area contributed by atoms with E-state index in [0.29, 0.717) is 17.9 Å². The van der Waals surface area contributed by atoms with Crippen LogP contribution < -0.4 is 4.74 Å². The van der Waals surface area contributed by atoms with Gasteiger partial charge in [0.05, 0.1) is 13.7 Å². The molecular weight excluding hydrogens is 360 g/mol. The Morgan fingerprint density at radius 1 is 0.793 bits per heavy atom. The number of esters is 1. The summed E-state index contributed by atoms with van der Waals surface area (Å²) in [6, 6.07) is 7.19. The highest BCUT2D eigenvalue weighted by Gasteiger charge is 2.12. The fourth-order valence-electron chi connectivity index (χ4n) is 3.41. The summed E-state index contributed by atoms with van der Waals surface area (Å²) in [6.07, 6.45) is 22.6. The van der Waals surface area contributed by atoms with E-state index < -0.39 is 0 Å². The number of carbonyl (C=O) groups excluding carboxylic acids is 1. The van der Waals surface area contributed by atoms with Crippen molar-refractivity contribution in [3.63, 3.8) is 0 Å². The minimum Gasteiger partial charge on any atom is -0.496 e. The molecule has 0 bridgehead atoms. The zero-order chi connectivity index (χ0) is 21.0. The molecule has 0 spiro atoms. The summed E-state index contributed by atoms with van der Waals surface area (Å²) in [5.41, 5.74) is 0.500. The first-order valence-corrected chi connectivity index (χ1v) is 11.7. The topological polar surface area (TPSA) is 35.5 Å². The van der Waals surface area contributed by atoms with E-state index in [9.17, 15) is 4.79 Å². The summed E-state index contributed by atoms with van der Waals surface area (Å²) in [6.45, 7) is 2.75. The van der Waals surface area contributed by atoms with Crippen LogP contribution in [-0.2, 0) is 4.74 Å². The Bertz CT molecular complexity index is 551. The second-order valence-electron chi connectivity index (χ2n) is 7.77. The standard InChI is InChI=1S/C26H42O3/c1-3-4-5-6-7-8-9-10-11-12-13-14-15-16-17-20-23-29-26(27)24-21-18-19-22-25(24)28-2/h10-11,18-19,21-22H,3-9,12-17,20,23H2,1-2H3/b11-10-. The highest BCUT2D eigenvalue weighted by molar-refractivity contribution is 5.92. The zero-order valence-corrected chi connectivity index (χ0v) is 18.8. The minimum absolute atomic E-state index is 0.296. The summed E-state index contributed by atoms with van der Waals surface area (Å²) in [5.74, 6) is 0.272. The van der Waals surface area contributed by atoms with Crippen LogP contribution in [0.2, 0.25) is 0 Å². The Balaban J connectivity index is 1.89. The van der Waals surface area contributed by atoms with Crippen molar-refractivity contribution in [2.75, 3.05) is 13.7 Å². The molecule has 0 fully saturated rings. The Hall–Kier alpha value is -1.77. The van der Waals surface area contributed by atoms with E-state index in [1.165, 1.54) is 77.0 Å². The predicted molar refractivity (Wildman–Crippen MR) is 123 cm³/mol. The van der Waals surface area contributed by atoms with Crippen molar-refractivity contribution in [1.82, 2.24) is 0 Å². The Kier molecular flexibility index (Phi) is 15.9. The van der Waals surface area contributed by atoms with Gasteiger partial charge in [0.15, 0.2) is 0 Å². The van der Waals surface area contributed by atoms with Gasteiger partial charge in [-0.2, -0.15) is 0 Å². The molecule has 0 aromatic heterocycles. The fraction of sp³-hybridized carbons (Fsp3) is 0.654. The smallest absolute Gasteiger partial charge is 0.341 e. The van der Waals surface area contributed by atoms with Crippen LogP contribution in [-0.4, -0.2) is 19.7 Å². The first-order valence-electron chi connectivity index (χ1n) is 11.7. The molecule has 1 rings (SSSR count). The van der Waals surface area contributed by atoms with Crippen molar-refractivity contribution in [3.8, 4) is 5.75 Å². The molecule has 0 unspecified atom stereocenters. The average molecular weight is 403 g/mol. The Morgan fingerprint density at radius 3 is 1.97 bits per heavy atom. The van der Waals surface area contributed by atoms with Crippen LogP contribution >= 0.6 is 0 Å². The summed E-state index contributed by atoms with van der Waals surface area (Å²) in [4.78, 5) is 12.1. The number of para-hydroxylation sites is 1. The molecule has 3 nitrogen and oxygen atoms in total. The molecule has 0 N–H and O–H groups in total. The molecule has 0 saturated carbocycles.